The number of pyridine rings is 2. The number of carbonyl (C=O) groups excluding carboxylic acids is 2. The van der Waals surface area contributed by atoms with Gasteiger partial charge in [0, 0.05) is 24.8 Å². The second-order valence-corrected chi connectivity index (χ2v) is 6.61. The van der Waals surface area contributed by atoms with E-state index in [1.165, 1.54) is 12.4 Å². The molecule has 0 N–H and O–H groups in total. The first-order chi connectivity index (χ1) is 15.7. The summed E-state index contributed by atoms with van der Waals surface area (Å²) >= 11 is 0. The van der Waals surface area contributed by atoms with Crippen molar-refractivity contribution in [3.8, 4) is 0 Å². The van der Waals surface area contributed by atoms with Gasteiger partial charge in [-0.3, -0.25) is 9.97 Å². The minimum atomic E-state index is -0.350. The van der Waals surface area contributed by atoms with Gasteiger partial charge in [-0.15, -0.1) is 0 Å². The number of rotatable bonds is 6. The Morgan fingerprint density at radius 1 is 0.562 bits per heavy atom. The summed E-state index contributed by atoms with van der Waals surface area (Å²) in [7, 11) is 0. The Labute approximate surface area is 186 Å². The van der Waals surface area contributed by atoms with E-state index in [4.69, 9.17) is 9.47 Å². The van der Waals surface area contributed by atoms with E-state index < -0.39 is 0 Å². The Morgan fingerprint density at radius 3 is 1.31 bits per heavy atom. The topological polar surface area (TPSA) is 78.4 Å². The number of hydrogen-bond acceptors (Lipinski definition) is 6. The Balaban J connectivity index is 0.000000181. The molecule has 2 aromatic carbocycles. The molecule has 4 aromatic rings. The molecule has 0 bridgehead atoms. The molecule has 0 aliphatic rings. The van der Waals surface area contributed by atoms with Gasteiger partial charge < -0.3 is 9.47 Å². The molecular weight excluding hydrogens is 404 g/mol. The molecule has 0 fully saturated rings. The lowest BCUT2D eigenvalue weighted by atomic mass is 10.2. The SMILES string of the molecule is O=C(OCc1ccccc1)c1cccnc1.O=C(OCc1ccccc1)c1cccnc1. The van der Waals surface area contributed by atoms with Gasteiger partial charge in [0.1, 0.15) is 13.2 Å². The van der Waals surface area contributed by atoms with Crippen molar-refractivity contribution < 1.29 is 19.1 Å². The van der Waals surface area contributed by atoms with Gasteiger partial charge in [-0.2, -0.15) is 0 Å². The van der Waals surface area contributed by atoms with Crippen LogP contribution in [-0.4, -0.2) is 21.9 Å². The summed E-state index contributed by atoms with van der Waals surface area (Å²) < 4.78 is 10.3. The van der Waals surface area contributed by atoms with Gasteiger partial charge in [0.25, 0.3) is 0 Å². The van der Waals surface area contributed by atoms with Crippen molar-refractivity contribution in [2.24, 2.45) is 0 Å². The van der Waals surface area contributed by atoms with Crippen LogP contribution in [0.1, 0.15) is 31.8 Å². The van der Waals surface area contributed by atoms with Gasteiger partial charge in [0.15, 0.2) is 0 Å². The minimum absolute atomic E-state index is 0.286. The van der Waals surface area contributed by atoms with E-state index in [-0.39, 0.29) is 25.2 Å². The zero-order chi connectivity index (χ0) is 22.4. The van der Waals surface area contributed by atoms with Gasteiger partial charge in [-0.25, -0.2) is 9.59 Å². The fraction of sp³-hybridized carbons (Fsp3) is 0.0769. The number of nitrogens with zero attached hydrogens (tertiary/aromatic N) is 2. The van der Waals surface area contributed by atoms with Gasteiger partial charge in [0.05, 0.1) is 11.1 Å². The third kappa shape index (κ3) is 7.50. The van der Waals surface area contributed by atoms with Gasteiger partial charge >= 0.3 is 11.9 Å². The molecule has 32 heavy (non-hydrogen) atoms. The standard InChI is InChI=1S/2C13H11NO2/c2*15-13(12-7-4-8-14-9-12)16-10-11-5-2-1-3-6-11/h2*1-9H,10H2. The fourth-order valence-electron chi connectivity index (χ4n) is 2.58. The molecule has 0 saturated carbocycles. The van der Waals surface area contributed by atoms with E-state index >= 15 is 0 Å². The van der Waals surface area contributed by atoms with Crippen LogP contribution in [-0.2, 0) is 22.7 Å². The van der Waals surface area contributed by atoms with E-state index in [9.17, 15) is 9.59 Å². The van der Waals surface area contributed by atoms with Crippen LogP contribution in [0, 0.1) is 0 Å². The van der Waals surface area contributed by atoms with Crippen LogP contribution < -0.4 is 0 Å². The first-order valence-corrected chi connectivity index (χ1v) is 9.94. The third-order valence-corrected chi connectivity index (χ3v) is 4.22. The highest BCUT2D eigenvalue weighted by Crippen LogP contribution is 2.06. The number of esters is 2. The number of carbonyl (C=O) groups is 2. The highest BCUT2D eigenvalue weighted by Gasteiger charge is 2.07. The number of hydrogen-bond donors (Lipinski definition) is 0. The van der Waals surface area contributed by atoms with E-state index in [2.05, 4.69) is 9.97 Å². The molecule has 0 aliphatic heterocycles. The molecule has 0 amide bonds. The summed E-state index contributed by atoms with van der Waals surface area (Å²) in [6, 6.07) is 25.9. The molecule has 6 heteroatoms. The molecule has 0 spiro atoms. The summed E-state index contributed by atoms with van der Waals surface area (Å²) in [6.07, 6.45) is 6.22. The van der Waals surface area contributed by atoms with Gasteiger partial charge in [0.2, 0.25) is 0 Å². The van der Waals surface area contributed by atoms with Gasteiger partial charge in [-0.1, -0.05) is 60.7 Å². The highest BCUT2D eigenvalue weighted by atomic mass is 16.5. The van der Waals surface area contributed by atoms with Crippen molar-refractivity contribution in [1.82, 2.24) is 9.97 Å². The molecule has 2 heterocycles. The minimum Gasteiger partial charge on any atom is -0.457 e. The van der Waals surface area contributed by atoms with Crippen LogP contribution in [0.15, 0.2) is 110 Å². The quantitative estimate of drug-likeness (QED) is 0.409. The monoisotopic (exact) mass is 426 g/mol. The Hall–Kier alpha value is -4.32. The lowest BCUT2D eigenvalue weighted by Crippen LogP contribution is -2.05. The second-order valence-electron chi connectivity index (χ2n) is 6.61. The predicted molar refractivity (Wildman–Crippen MR) is 120 cm³/mol. The zero-order valence-corrected chi connectivity index (χ0v) is 17.3. The van der Waals surface area contributed by atoms with E-state index in [1.54, 1.807) is 36.7 Å². The summed E-state index contributed by atoms with van der Waals surface area (Å²) in [6.45, 7) is 0.573. The molecule has 0 unspecified atom stereocenters. The molecule has 4 rings (SSSR count). The van der Waals surface area contributed by atoms with Crippen molar-refractivity contribution in [3.63, 3.8) is 0 Å². The molecule has 160 valence electrons. The molecular formula is C26H22N2O4. The lowest BCUT2D eigenvalue weighted by Gasteiger charge is -2.03. The van der Waals surface area contributed by atoms with Crippen molar-refractivity contribution in [3.05, 3.63) is 132 Å². The Bertz CT molecular complexity index is 999. The maximum absolute atomic E-state index is 11.6. The van der Waals surface area contributed by atoms with Gasteiger partial charge in [-0.05, 0) is 35.4 Å². The summed E-state index contributed by atoms with van der Waals surface area (Å²) in [5.41, 5.74) is 2.89. The van der Waals surface area contributed by atoms with Crippen molar-refractivity contribution in [1.29, 1.82) is 0 Å². The van der Waals surface area contributed by atoms with Crippen LogP contribution in [0.25, 0.3) is 0 Å². The second kappa shape index (κ2) is 12.4. The number of ether oxygens (including phenoxy) is 2. The summed E-state index contributed by atoms with van der Waals surface area (Å²) in [4.78, 5) is 30.8. The van der Waals surface area contributed by atoms with Crippen LogP contribution in [0.5, 0.6) is 0 Å². The van der Waals surface area contributed by atoms with Crippen molar-refractivity contribution in [2.75, 3.05) is 0 Å². The van der Waals surface area contributed by atoms with Crippen molar-refractivity contribution in [2.45, 2.75) is 13.2 Å². The number of benzene rings is 2. The predicted octanol–water partition coefficient (Wildman–Crippen LogP) is 4.88. The molecule has 6 nitrogen and oxygen atoms in total. The number of aromatic nitrogens is 2. The van der Waals surface area contributed by atoms with Crippen LogP contribution in [0.2, 0.25) is 0 Å². The molecule has 2 aromatic heterocycles. The van der Waals surface area contributed by atoms with Crippen molar-refractivity contribution >= 4 is 11.9 Å². The average molecular weight is 426 g/mol. The van der Waals surface area contributed by atoms with E-state index in [0.29, 0.717) is 11.1 Å². The van der Waals surface area contributed by atoms with Crippen LogP contribution in [0.3, 0.4) is 0 Å². The summed E-state index contributed by atoms with van der Waals surface area (Å²) in [5.74, 6) is -0.700. The van der Waals surface area contributed by atoms with E-state index in [0.717, 1.165) is 11.1 Å². The fourth-order valence-corrected chi connectivity index (χ4v) is 2.58. The maximum Gasteiger partial charge on any atom is 0.340 e. The Morgan fingerprint density at radius 2 is 0.969 bits per heavy atom. The zero-order valence-electron chi connectivity index (χ0n) is 17.3. The smallest absolute Gasteiger partial charge is 0.340 e. The van der Waals surface area contributed by atoms with E-state index in [1.807, 2.05) is 60.7 Å². The maximum atomic E-state index is 11.6. The first-order valence-electron chi connectivity index (χ1n) is 9.94. The molecule has 0 aliphatic carbocycles. The lowest BCUT2D eigenvalue weighted by molar-refractivity contribution is 0.0463. The van der Waals surface area contributed by atoms with Crippen LogP contribution >= 0.6 is 0 Å². The molecule has 0 radical (unpaired) electrons. The molecule has 0 saturated heterocycles. The first kappa shape index (κ1) is 22.4. The van der Waals surface area contributed by atoms with Crippen LogP contribution in [0.4, 0.5) is 0 Å². The Kier molecular flexibility index (Phi) is 8.66. The largest absolute Gasteiger partial charge is 0.457 e. The summed E-state index contributed by atoms with van der Waals surface area (Å²) in [5, 5.41) is 0. The average Bonchev–Trinajstić information content (AvgIpc) is 2.88. The third-order valence-electron chi connectivity index (χ3n) is 4.22. The highest BCUT2D eigenvalue weighted by molar-refractivity contribution is 5.89. The normalized spacial score (nSPS) is 9.75. The molecule has 0 atom stereocenters.